The first kappa shape index (κ1) is 18.9. The number of benzene rings is 3. The lowest BCUT2D eigenvalue weighted by atomic mass is 10.2. The van der Waals surface area contributed by atoms with Crippen molar-refractivity contribution < 1.29 is 4.43 Å². The molecule has 0 saturated carbocycles. The van der Waals surface area contributed by atoms with Crippen LogP contribution in [0.25, 0.3) is 0 Å². The summed E-state index contributed by atoms with van der Waals surface area (Å²) in [7, 11) is -2.48. The third-order valence-corrected chi connectivity index (χ3v) is 10.0. The number of hydrogen-bond acceptors (Lipinski definition) is 1. The maximum Gasteiger partial charge on any atom is 0.261 e. The summed E-state index contributed by atoms with van der Waals surface area (Å²) in [6.07, 6.45) is 0. The van der Waals surface area contributed by atoms with Crippen LogP contribution in [0.5, 0.6) is 0 Å². The van der Waals surface area contributed by atoms with Crippen molar-refractivity contribution >= 4 is 30.3 Å². The summed E-state index contributed by atoms with van der Waals surface area (Å²) in [5.74, 6) is 0. The van der Waals surface area contributed by atoms with E-state index in [1.54, 1.807) is 0 Å². The second-order valence-electron chi connectivity index (χ2n) is 7.58. The average Bonchev–Trinajstić information content (AvgIpc) is 2.64. The molecule has 0 radical (unpaired) electrons. The molecule has 3 rings (SSSR count). The second-order valence-corrected chi connectivity index (χ2v) is 12.3. The first-order chi connectivity index (χ1) is 12.4. The molecule has 0 fully saturated rings. The lowest BCUT2D eigenvalue weighted by molar-refractivity contribution is 0.286. The Hall–Kier alpha value is -1.87. The van der Waals surface area contributed by atoms with Gasteiger partial charge >= 0.3 is 0 Å². The zero-order valence-corrected chi connectivity index (χ0v) is 17.3. The van der Waals surface area contributed by atoms with Crippen LogP contribution in [0.2, 0.25) is 10.1 Å². The third kappa shape index (κ3) is 3.78. The van der Waals surface area contributed by atoms with Gasteiger partial charge in [0.2, 0.25) is 0 Å². The van der Waals surface area contributed by atoms with E-state index in [9.17, 15) is 0 Å². The van der Waals surface area contributed by atoms with Gasteiger partial charge in [0.05, 0.1) is 6.61 Å². The standard InChI is InChI=1S/C23H25ClOSi/c1-23(2,3)26(21-10-6-4-7-11-21,22-12-8-5-9-13-22)25-18-19-14-16-20(24)17-15-19/h4-17H,18H2,1-3H3. The van der Waals surface area contributed by atoms with E-state index < -0.39 is 8.32 Å². The van der Waals surface area contributed by atoms with Gasteiger partial charge in [0.15, 0.2) is 0 Å². The van der Waals surface area contributed by atoms with Crippen LogP contribution in [0.4, 0.5) is 0 Å². The van der Waals surface area contributed by atoms with E-state index in [0.717, 1.165) is 10.6 Å². The molecule has 3 aromatic carbocycles. The number of hydrogen-bond donors (Lipinski definition) is 0. The Bertz CT molecular complexity index is 784. The minimum absolute atomic E-state index is 0.0118. The first-order valence-electron chi connectivity index (χ1n) is 8.93. The van der Waals surface area contributed by atoms with Gasteiger partial charge in [-0.15, -0.1) is 0 Å². The highest BCUT2D eigenvalue weighted by molar-refractivity contribution is 6.99. The maximum absolute atomic E-state index is 6.89. The summed E-state index contributed by atoms with van der Waals surface area (Å²) in [6.45, 7) is 7.45. The van der Waals surface area contributed by atoms with Crippen LogP contribution < -0.4 is 10.4 Å². The molecule has 0 atom stereocenters. The smallest absolute Gasteiger partial charge is 0.261 e. The fraction of sp³-hybridized carbons (Fsp3) is 0.217. The topological polar surface area (TPSA) is 9.23 Å². The molecule has 134 valence electrons. The van der Waals surface area contributed by atoms with Crippen LogP contribution in [0, 0.1) is 0 Å². The minimum Gasteiger partial charge on any atom is -0.403 e. The largest absolute Gasteiger partial charge is 0.403 e. The van der Waals surface area contributed by atoms with Crippen LogP contribution in [0.1, 0.15) is 26.3 Å². The fourth-order valence-electron chi connectivity index (χ4n) is 3.53. The number of rotatable bonds is 5. The number of halogens is 1. The first-order valence-corrected chi connectivity index (χ1v) is 11.2. The summed E-state index contributed by atoms with van der Waals surface area (Å²) in [4.78, 5) is 0. The lowest BCUT2D eigenvalue weighted by Crippen LogP contribution is -2.66. The van der Waals surface area contributed by atoms with Crippen molar-refractivity contribution in [1.29, 1.82) is 0 Å². The predicted molar refractivity (Wildman–Crippen MR) is 114 cm³/mol. The van der Waals surface area contributed by atoms with Gasteiger partial charge in [-0.2, -0.15) is 0 Å². The van der Waals surface area contributed by atoms with Crippen molar-refractivity contribution in [2.75, 3.05) is 0 Å². The molecular weight excluding hydrogens is 356 g/mol. The molecule has 0 aliphatic heterocycles. The van der Waals surface area contributed by atoms with E-state index in [0.29, 0.717) is 6.61 Å². The molecule has 0 aromatic heterocycles. The zero-order chi connectivity index (χ0) is 18.6. The van der Waals surface area contributed by atoms with Gasteiger partial charge in [0.1, 0.15) is 0 Å². The Balaban J connectivity index is 2.09. The molecule has 0 aliphatic rings. The molecule has 26 heavy (non-hydrogen) atoms. The normalized spacial score (nSPS) is 12.2. The van der Waals surface area contributed by atoms with Gasteiger partial charge in [-0.3, -0.25) is 0 Å². The average molecular weight is 381 g/mol. The highest BCUT2D eigenvalue weighted by Gasteiger charge is 2.50. The van der Waals surface area contributed by atoms with E-state index in [1.807, 2.05) is 24.3 Å². The molecule has 0 amide bonds. The molecule has 3 aromatic rings. The van der Waals surface area contributed by atoms with Crippen molar-refractivity contribution in [2.24, 2.45) is 0 Å². The summed E-state index contributed by atoms with van der Waals surface area (Å²) in [6, 6.07) is 29.4. The van der Waals surface area contributed by atoms with Crippen LogP contribution in [0.15, 0.2) is 84.9 Å². The van der Waals surface area contributed by atoms with Crippen molar-refractivity contribution in [3.63, 3.8) is 0 Å². The molecule has 1 nitrogen and oxygen atoms in total. The van der Waals surface area contributed by atoms with Crippen molar-refractivity contribution in [1.82, 2.24) is 0 Å². The molecule has 0 unspecified atom stereocenters. The van der Waals surface area contributed by atoms with Gasteiger partial charge in [0, 0.05) is 5.02 Å². The monoisotopic (exact) mass is 380 g/mol. The summed E-state index contributed by atoms with van der Waals surface area (Å²) < 4.78 is 6.89. The maximum atomic E-state index is 6.89. The summed E-state index contributed by atoms with van der Waals surface area (Å²) in [5.41, 5.74) is 1.14. The van der Waals surface area contributed by atoms with Gasteiger partial charge in [0.25, 0.3) is 8.32 Å². The Morgan fingerprint density at radius 3 is 1.62 bits per heavy atom. The van der Waals surface area contributed by atoms with Gasteiger partial charge in [-0.1, -0.05) is 105 Å². The zero-order valence-electron chi connectivity index (χ0n) is 15.6. The summed E-state index contributed by atoms with van der Waals surface area (Å²) >= 11 is 6.03. The quantitative estimate of drug-likeness (QED) is 0.537. The van der Waals surface area contributed by atoms with E-state index in [-0.39, 0.29) is 5.04 Å². The minimum atomic E-state index is -2.48. The second kappa shape index (κ2) is 7.79. The van der Waals surface area contributed by atoms with Crippen LogP contribution in [-0.2, 0) is 11.0 Å². The third-order valence-electron chi connectivity index (χ3n) is 4.79. The molecule has 0 aliphatic carbocycles. The van der Waals surface area contributed by atoms with E-state index in [1.165, 1.54) is 10.4 Å². The Morgan fingerprint density at radius 1 is 0.731 bits per heavy atom. The van der Waals surface area contributed by atoms with E-state index >= 15 is 0 Å². The predicted octanol–water partition coefficient (Wildman–Crippen LogP) is 5.42. The SMILES string of the molecule is CC(C)(C)[Si](OCc1ccc(Cl)cc1)(c1ccccc1)c1ccccc1. The highest BCUT2D eigenvalue weighted by atomic mass is 35.5. The van der Waals surface area contributed by atoms with Crippen molar-refractivity contribution in [3.8, 4) is 0 Å². The van der Waals surface area contributed by atoms with Crippen LogP contribution >= 0.6 is 11.6 Å². The molecule has 0 saturated heterocycles. The fourth-order valence-corrected chi connectivity index (χ4v) is 8.20. The lowest BCUT2D eigenvalue weighted by Gasteiger charge is -2.43. The molecule has 0 heterocycles. The Kier molecular flexibility index (Phi) is 5.66. The van der Waals surface area contributed by atoms with Gasteiger partial charge in [-0.05, 0) is 33.1 Å². The van der Waals surface area contributed by atoms with Gasteiger partial charge in [-0.25, -0.2) is 0 Å². The van der Waals surface area contributed by atoms with Crippen LogP contribution in [0.3, 0.4) is 0 Å². The van der Waals surface area contributed by atoms with E-state index in [4.69, 9.17) is 16.0 Å². The molecule has 0 bridgehead atoms. The Labute approximate surface area is 162 Å². The summed E-state index contributed by atoms with van der Waals surface area (Å²) in [5, 5.41) is 3.34. The van der Waals surface area contributed by atoms with Crippen molar-refractivity contribution in [2.45, 2.75) is 32.4 Å². The molecule has 3 heteroatoms. The van der Waals surface area contributed by atoms with Crippen LogP contribution in [-0.4, -0.2) is 8.32 Å². The molecular formula is C23H25ClOSi. The molecule has 0 N–H and O–H groups in total. The Morgan fingerprint density at radius 2 is 1.19 bits per heavy atom. The van der Waals surface area contributed by atoms with Crippen molar-refractivity contribution in [3.05, 3.63) is 95.5 Å². The molecule has 0 spiro atoms. The highest BCUT2D eigenvalue weighted by Crippen LogP contribution is 2.37. The van der Waals surface area contributed by atoms with Gasteiger partial charge < -0.3 is 4.43 Å². The van der Waals surface area contributed by atoms with E-state index in [2.05, 4.69) is 81.4 Å².